The van der Waals surface area contributed by atoms with Gasteiger partial charge in [-0.05, 0) is 18.8 Å². The maximum absolute atomic E-state index is 4.52. The first-order valence-corrected chi connectivity index (χ1v) is 7.81. The lowest BCUT2D eigenvalue weighted by molar-refractivity contribution is 0.373. The highest BCUT2D eigenvalue weighted by atomic mass is 79.9. The molecular formula is C10H15Br2NS. The number of halogens is 2. The zero-order valence-electron chi connectivity index (χ0n) is 8.52. The summed E-state index contributed by atoms with van der Waals surface area (Å²) >= 11 is 8.98. The molecule has 0 spiro atoms. The highest BCUT2D eigenvalue weighted by Crippen LogP contribution is 2.32. The summed E-state index contributed by atoms with van der Waals surface area (Å²) in [7, 11) is 0. The minimum atomic E-state index is 0.324. The van der Waals surface area contributed by atoms with Crippen LogP contribution in [-0.2, 0) is 6.42 Å². The minimum Gasteiger partial charge on any atom is -0.247 e. The second-order valence-corrected chi connectivity index (χ2v) is 5.74. The molecule has 0 atom stereocenters. The number of alkyl halides is 2. The number of hydrogen-bond acceptors (Lipinski definition) is 2. The van der Waals surface area contributed by atoms with E-state index in [1.165, 1.54) is 11.4 Å². The van der Waals surface area contributed by atoms with E-state index in [0.717, 1.165) is 22.8 Å². The van der Waals surface area contributed by atoms with E-state index in [1.54, 1.807) is 11.3 Å². The van der Waals surface area contributed by atoms with Crippen LogP contribution in [0.5, 0.6) is 0 Å². The van der Waals surface area contributed by atoms with Crippen LogP contribution in [-0.4, -0.2) is 15.6 Å². The molecule has 1 aromatic rings. The Hall–Kier alpha value is 0.590. The van der Waals surface area contributed by atoms with Crippen LogP contribution in [0.15, 0.2) is 5.38 Å². The molecule has 1 rings (SSSR count). The molecule has 0 amide bonds. The van der Waals surface area contributed by atoms with Crippen molar-refractivity contribution >= 4 is 43.2 Å². The van der Waals surface area contributed by atoms with Gasteiger partial charge in [0.15, 0.2) is 0 Å². The fourth-order valence-electron chi connectivity index (χ4n) is 1.25. The summed E-state index contributed by atoms with van der Waals surface area (Å²) in [5.41, 5.74) is 1.46. The average molecular weight is 341 g/mol. The molecule has 0 aliphatic heterocycles. The van der Waals surface area contributed by atoms with Crippen LogP contribution in [0.4, 0.5) is 0 Å². The highest BCUT2D eigenvalue weighted by Gasteiger charge is 2.27. The zero-order chi connectivity index (χ0) is 10.6. The lowest BCUT2D eigenvalue weighted by Crippen LogP contribution is -2.26. The number of nitrogens with zero attached hydrogens (tertiary/aromatic N) is 1. The van der Waals surface area contributed by atoms with Crippen molar-refractivity contribution in [1.29, 1.82) is 0 Å². The second-order valence-electron chi connectivity index (χ2n) is 3.68. The maximum Gasteiger partial charge on any atom is 0.0934 e. The molecule has 0 bridgehead atoms. The molecule has 0 aliphatic carbocycles. The monoisotopic (exact) mass is 339 g/mol. The van der Waals surface area contributed by atoms with Gasteiger partial charge in [-0.2, -0.15) is 0 Å². The van der Waals surface area contributed by atoms with E-state index in [0.29, 0.717) is 5.41 Å². The number of rotatable bonds is 5. The predicted molar refractivity (Wildman–Crippen MR) is 70.9 cm³/mol. The van der Waals surface area contributed by atoms with E-state index in [2.05, 4.69) is 56.1 Å². The summed E-state index contributed by atoms with van der Waals surface area (Å²) in [6.45, 7) is 4.29. The minimum absolute atomic E-state index is 0.324. The Balaban J connectivity index is 2.73. The van der Waals surface area contributed by atoms with Crippen molar-refractivity contribution in [1.82, 2.24) is 4.98 Å². The number of thiazole rings is 1. The average Bonchev–Trinajstić information content (AvgIpc) is 2.61. The van der Waals surface area contributed by atoms with Gasteiger partial charge < -0.3 is 0 Å². The summed E-state index contributed by atoms with van der Waals surface area (Å²) < 4.78 is 0. The first-order chi connectivity index (χ1) is 6.65. The normalized spacial score (nSPS) is 12.0. The van der Waals surface area contributed by atoms with E-state index in [4.69, 9.17) is 0 Å². The predicted octanol–water partition coefficient (Wildman–Crippen LogP) is 4.18. The summed E-state index contributed by atoms with van der Waals surface area (Å²) in [5, 5.41) is 5.43. The largest absolute Gasteiger partial charge is 0.247 e. The molecule has 0 aliphatic rings. The van der Waals surface area contributed by atoms with Crippen LogP contribution in [0.3, 0.4) is 0 Å². The maximum atomic E-state index is 4.52. The van der Waals surface area contributed by atoms with Crippen molar-refractivity contribution in [3.8, 4) is 0 Å². The van der Waals surface area contributed by atoms with Crippen LogP contribution in [0, 0.1) is 12.3 Å². The SMILES string of the molecule is CCC(CBr)(CBr)Cc1nc(C)cs1. The molecule has 0 saturated carbocycles. The highest BCUT2D eigenvalue weighted by molar-refractivity contribution is 9.09. The molecular weight excluding hydrogens is 326 g/mol. The molecule has 0 saturated heterocycles. The van der Waals surface area contributed by atoms with Gasteiger partial charge in [0.05, 0.1) is 5.01 Å². The van der Waals surface area contributed by atoms with Crippen LogP contribution in [0.1, 0.15) is 24.0 Å². The summed E-state index contributed by atoms with van der Waals surface area (Å²) in [4.78, 5) is 4.52. The molecule has 0 aromatic carbocycles. The van der Waals surface area contributed by atoms with Crippen molar-refractivity contribution in [2.24, 2.45) is 5.41 Å². The van der Waals surface area contributed by atoms with Crippen LogP contribution >= 0.6 is 43.2 Å². The van der Waals surface area contributed by atoms with Gasteiger partial charge in [0, 0.05) is 28.2 Å². The fraction of sp³-hybridized carbons (Fsp3) is 0.700. The van der Waals surface area contributed by atoms with Crippen LogP contribution in [0.2, 0.25) is 0 Å². The van der Waals surface area contributed by atoms with E-state index in [-0.39, 0.29) is 0 Å². The lowest BCUT2D eigenvalue weighted by atomic mass is 9.87. The number of aryl methyl sites for hydroxylation is 1. The van der Waals surface area contributed by atoms with Crippen molar-refractivity contribution in [2.45, 2.75) is 26.7 Å². The Labute approximate surface area is 107 Å². The smallest absolute Gasteiger partial charge is 0.0934 e. The Morgan fingerprint density at radius 1 is 1.43 bits per heavy atom. The number of aromatic nitrogens is 1. The second kappa shape index (κ2) is 5.61. The van der Waals surface area contributed by atoms with Gasteiger partial charge in [-0.25, -0.2) is 4.98 Å². The molecule has 0 fully saturated rings. The molecule has 1 aromatic heterocycles. The third-order valence-corrected chi connectivity index (χ3v) is 5.86. The van der Waals surface area contributed by atoms with Gasteiger partial charge in [-0.15, -0.1) is 11.3 Å². The van der Waals surface area contributed by atoms with Crippen molar-refractivity contribution in [3.63, 3.8) is 0 Å². The quantitative estimate of drug-likeness (QED) is 0.733. The Morgan fingerprint density at radius 3 is 2.43 bits per heavy atom. The van der Waals surface area contributed by atoms with Crippen LogP contribution < -0.4 is 0 Å². The Bertz CT molecular complexity index is 273. The molecule has 80 valence electrons. The fourth-order valence-corrected chi connectivity index (χ4v) is 4.31. The molecule has 14 heavy (non-hydrogen) atoms. The van der Waals surface area contributed by atoms with E-state index >= 15 is 0 Å². The van der Waals surface area contributed by atoms with Gasteiger partial charge in [0.1, 0.15) is 0 Å². The van der Waals surface area contributed by atoms with E-state index < -0.39 is 0 Å². The summed E-state index contributed by atoms with van der Waals surface area (Å²) in [6, 6.07) is 0. The molecule has 4 heteroatoms. The molecule has 0 N–H and O–H groups in total. The Kier molecular flexibility index (Phi) is 5.08. The van der Waals surface area contributed by atoms with Crippen LogP contribution in [0.25, 0.3) is 0 Å². The summed E-state index contributed by atoms with van der Waals surface area (Å²) in [6.07, 6.45) is 2.24. The van der Waals surface area contributed by atoms with Crippen molar-refractivity contribution in [2.75, 3.05) is 10.7 Å². The van der Waals surface area contributed by atoms with Gasteiger partial charge >= 0.3 is 0 Å². The van der Waals surface area contributed by atoms with Gasteiger partial charge in [-0.3, -0.25) is 0 Å². The zero-order valence-corrected chi connectivity index (χ0v) is 12.5. The van der Waals surface area contributed by atoms with Crippen molar-refractivity contribution < 1.29 is 0 Å². The van der Waals surface area contributed by atoms with E-state index in [1.807, 2.05) is 0 Å². The van der Waals surface area contributed by atoms with E-state index in [9.17, 15) is 0 Å². The molecule has 0 unspecified atom stereocenters. The van der Waals surface area contributed by atoms with Gasteiger partial charge in [-0.1, -0.05) is 38.8 Å². The van der Waals surface area contributed by atoms with Crippen molar-refractivity contribution in [3.05, 3.63) is 16.1 Å². The van der Waals surface area contributed by atoms with Gasteiger partial charge in [0.2, 0.25) is 0 Å². The first-order valence-electron chi connectivity index (χ1n) is 4.69. The Morgan fingerprint density at radius 2 is 2.07 bits per heavy atom. The topological polar surface area (TPSA) is 12.9 Å². The molecule has 0 radical (unpaired) electrons. The molecule has 1 heterocycles. The van der Waals surface area contributed by atoms with Gasteiger partial charge in [0.25, 0.3) is 0 Å². The lowest BCUT2D eigenvalue weighted by Gasteiger charge is -2.27. The third kappa shape index (κ3) is 3.04. The number of hydrogen-bond donors (Lipinski definition) is 0. The summed E-state index contributed by atoms with van der Waals surface area (Å²) in [5.74, 6) is 0. The third-order valence-electron chi connectivity index (χ3n) is 2.51. The first kappa shape index (κ1) is 12.7. The standard InChI is InChI=1S/C10H15Br2NS/c1-3-10(6-11,7-12)4-9-13-8(2)5-14-9/h5H,3-4,6-7H2,1-2H3. The molecule has 1 nitrogen and oxygen atoms in total.